The summed E-state index contributed by atoms with van der Waals surface area (Å²) in [5.74, 6) is -0.474. The first kappa shape index (κ1) is 15.0. The van der Waals surface area contributed by atoms with Crippen LogP contribution in [-0.2, 0) is 4.79 Å². The van der Waals surface area contributed by atoms with Gasteiger partial charge in [-0.05, 0) is 18.2 Å². The van der Waals surface area contributed by atoms with Crippen LogP contribution in [-0.4, -0.2) is 16.7 Å². The molecule has 0 radical (unpaired) electrons. The van der Waals surface area contributed by atoms with Crippen molar-refractivity contribution in [2.24, 2.45) is 0 Å². The number of benzene rings is 1. The number of amides is 1. The van der Waals surface area contributed by atoms with Gasteiger partial charge in [-0.2, -0.15) is 0 Å². The number of carbonyl (C=O) groups excluding carboxylic acids is 2. The smallest absolute Gasteiger partial charge is 0.226 e. The van der Waals surface area contributed by atoms with Gasteiger partial charge in [-0.15, -0.1) is 11.3 Å². The van der Waals surface area contributed by atoms with Gasteiger partial charge in [0.05, 0.1) is 5.02 Å². The Labute approximate surface area is 129 Å². The molecule has 1 aromatic carbocycles. The van der Waals surface area contributed by atoms with Crippen molar-refractivity contribution < 1.29 is 9.59 Å². The van der Waals surface area contributed by atoms with Crippen LogP contribution in [0.5, 0.6) is 0 Å². The molecule has 0 unspecified atom stereocenters. The summed E-state index contributed by atoms with van der Waals surface area (Å²) in [6.45, 7) is 0. The Morgan fingerprint density at radius 3 is 2.75 bits per heavy atom. The summed E-state index contributed by atoms with van der Waals surface area (Å²) < 4.78 is 0. The number of nitrogens with one attached hydrogen (secondary N) is 1. The highest BCUT2D eigenvalue weighted by atomic mass is 35.5. The van der Waals surface area contributed by atoms with Gasteiger partial charge >= 0.3 is 0 Å². The molecule has 2 rings (SSSR count). The highest BCUT2D eigenvalue weighted by molar-refractivity contribution is 7.13. The van der Waals surface area contributed by atoms with E-state index in [1.54, 1.807) is 23.7 Å². The molecule has 1 heterocycles. The monoisotopic (exact) mass is 328 g/mol. The average molecular weight is 329 g/mol. The topological polar surface area (TPSA) is 59.1 Å². The Morgan fingerprint density at radius 2 is 2.05 bits per heavy atom. The summed E-state index contributed by atoms with van der Waals surface area (Å²) in [4.78, 5) is 27.6. The highest BCUT2D eigenvalue weighted by Crippen LogP contribution is 2.22. The minimum Gasteiger partial charge on any atom is -0.302 e. The first-order valence-electron chi connectivity index (χ1n) is 5.74. The lowest BCUT2D eigenvalue weighted by molar-refractivity contribution is -0.116. The van der Waals surface area contributed by atoms with E-state index in [4.69, 9.17) is 23.2 Å². The second-order valence-corrected chi connectivity index (χ2v) is 5.67. The number of rotatable bonds is 5. The maximum Gasteiger partial charge on any atom is 0.226 e. The first-order chi connectivity index (χ1) is 9.56. The molecule has 0 saturated carbocycles. The molecule has 2 aromatic rings. The van der Waals surface area contributed by atoms with E-state index in [0.717, 1.165) is 0 Å². The third kappa shape index (κ3) is 4.03. The molecular formula is C13H10Cl2N2O2S. The number of aromatic nitrogens is 1. The van der Waals surface area contributed by atoms with Crippen molar-refractivity contribution in [3.63, 3.8) is 0 Å². The van der Waals surface area contributed by atoms with Crippen LogP contribution in [0.1, 0.15) is 23.2 Å². The largest absolute Gasteiger partial charge is 0.302 e. The molecule has 0 bridgehead atoms. The molecule has 104 valence electrons. The molecule has 0 fully saturated rings. The van der Waals surface area contributed by atoms with Crippen LogP contribution in [0, 0.1) is 0 Å². The van der Waals surface area contributed by atoms with Gasteiger partial charge in [0, 0.05) is 35.0 Å². The Morgan fingerprint density at radius 1 is 1.25 bits per heavy atom. The number of ketones is 1. The number of carbonyl (C=O) groups is 2. The standard InChI is InChI=1S/C13H10Cl2N2O2S/c14-8-1-2-10(15)9(7-8)11(18)3-4-12(19)17-13-16-5-6-20-13/h1-2,5-7H,3-4H2,(H,16,17,19). The molecule has 0 aliphatic rings. The molecule has 20 heavy (non-hydrogen) atoms. The fourth-order valence-electron chi connectivity index (χ4n) is 1.54. The molecule has 1 N–H and O–H groups in total. The third-order valence-electron chi connectivity index (χ3n) is 2.49. The van der Waals surface area contributed by atoms with Crippen LogP contribution in [0.4, 0.5) is 5.13 Å². The molecular weight excluding hydrogens is 319 g/mol. The second-order valence-electron chi connectivity index (χ2n) is 3.93. The second kappa shape index (κ2) is 6.83. The number of hydrogen-bond acceptors (Lipinski definition) is 4. The number of Topliss-reactive ketones (excluding diaryl/α,β-unsaturated/α-hetero) is 1. The number of hydrogen-bond donors (Lipinski definition) is 1. The molecule has 0 aliphatic carbocycles. The SMILES string of the molecule is O=C(CCC(=O)c1cc(Cl)ccc1Cl)Nc1nccs1. The Hall–Kier alpha value is -1.43. The zero-order valence-corrected chi connectivity index (χ0v) is 12.6. The van der Waals surface area contributed by atoms with Crippen LogP contribution in [0.25, 0.3) is 0 Å². The average Bonchev–Trinajstić information content (AvgIpc) is 2.91. The van der Waals surface area contributed by atoms with Gasteiger partial charge in [0.25, 0.3) is 0 Å². The van der Waals surface area contributed by atoms with Gasteiger partial charge in [0.1, 0.15) is 0 Å². The molecule has 0 saturated heterocycles. The summed E-state index contributed by atoms with van der Waals surface area (Å²) in [7, 11) is 0. The Bertz CT molecular complexity index is 629. The predicted octanol–water partition coefficient (Wildman–Crippen LogP) is 4.05. The van der Waals surface area contributed by atoms with E-state index in [9.17, 15) is 9.59 Å². The highest BCUT2D eigenvalue weighted by Gasteiger charge is 2.13. The lowest BCUT2D eigenvalue weighted by atomic mass is 10.1. The fourth-order valence-corrected chi connectivity index (χ4v) is 2.48. The predicted molar refractivity (Wildman–Crippen MR) is 80.8 cm³/mol. The minimum atomic E-state index is -0.258. The maximum absolute atomic E-state index is 12.0. The Balaban J connectivity index is 1.92. The third-order valence-corrected chi connectivity index (χ3v) is 3.74. The van der Waals surface area contributed by atoms with Crippen LogP contribution < -0.4 is 5.32 Å². The zero-order chi connectivity index (χ0) is 14.5. The number of halogens is 2. The van der Waals surface area contributed by atoms with Crippen molar-refractivity contribution in [2.75, 3.05) is 5.32 Å². The van der Waals surface area contributed by atoms with Crippen LogP contribution in [0.15, 0.2) is 29.8 Å². The van der Waals surface area contributed by atoms with Crippen LogP contribution in [0.3, 0.4) is 0 Å². The summed E-state index contributed by atoms with van der Waals surface area (Å²) >= 11 is 13.1. The molecule has 0 aliphatic heterocycles. The van der Waals surface area contributed by atoms with E-state index >= 15 is 0 Å². The lowest BCUT2D eigenvalue weighted by Gasteiger charge is -2.04. The lowest BCUT2D eigenvalue weighted by Crippen LogP contribution is -2.13. The molecule has 0 atom stereocenters. The molecule has 1 amide bonds. The van der Waals surface area contributed by atoms with Crippen molar-refractivity contribution in [1.29, 1.82) is 0 Å². The van der Waals surface area contributed by atoms with Gasteiger partial charge in [-0.25, -0.2) is 4.98 Å². The summed E-state index contributed by atoms with van der Waals surface area (Å²) in [5.41, 5.74) is 0.334. The van der Waals surface area contributed by atoms with Crippen molar-refractivity contribution >= 4 is 51.4 Å². The summed E-state index contributed by atoms with van der Waals surface area (Å²) in [5, 5.41) is 5.65. The van der Waals surface area contributed by atoms with Crippen LogP contribution in [0.2, 0.25) is 10.0 Å². The van der Waals surface area contributed by atoms with E-state index in [2.05, 4.69) is 10.3 Å². The molecule has 0 spiro atoms. The Kier molecular flexibility index (Phi) is 5.11. The number of nitrogens with zero attached hydrogens (tertiary/aromatic N) is 1. The van der Waals surface area contributed by atoms with Gasteiger partial charge < -0.3 is 5.32 Å². The zero-order valence-electron chi connectivity index (χ0n) is 10.2. The van der Waals surface area contributed by atoms with E-state index < -0.39 is 0 Å². The summed E-state index contributed by atoms with van der Waals surface area (Å²) in [6.07, 6.45) is 1.73. The van der Waals surface area contributed by atoms with Crippen molar-refractivity contribution in [1.82, 2.24) is 4.98 Å². The normalized spacial score (nSPS) is 10.3. The molecule has 1 aromatic heterocycles. The van der Waals surface area contributed by atoms with Gasteiger partial charge in [0.15, 0.2) is 10.9 Å². The maximum atomic E-state index is 12.0. The quantitative estimate of drug-likeness (QED) is 0.842. The van der Waals surface area contributed by atoms with Gasteiger partial charge in [-0.1, -0.05) is 23.2 Å². The number of anilines is 1. The van der Waals surface area contributed by atoms with Crippen molar-refractivity contribution in [3.05, 3.63) is 45.4 Å². The van der Waals surface area contributed by atoms with E-state index in [-0.39, 0.29) is 24.5 Å². The number of thiazole rings is 1. The van der Waals surface area contributed by atoms with Gasteiger partial charge in [0.2, 0.25) is 5.91 Å². The van der Waals surface area contributed by atoms with E-state index in [1.807, 2.05) is 0 Å². The fraction of sp³-hybridized carbons (Fsp3) is 0.154. The first-order valence-corrected chi connectivity index (χ1v) is 7.37. The van der Waals surface area contributed by atoms with Gasteiger partial charge in [-0.3, -0.25) is 9.59 Å². The van der Waals surface area contributed by atoms with E-state index in [0.29, 0.717) is 20.7 Å². The molecule has 7 heteroatoms. The molecule has 4 nitrogen and oxygen atoms in total. The van der Waals surface area contributed by atoms with Crippen molar-refractivity contribution in [3.8, 4) is 0 Å². The minimum absolute atomic E-state index is 0.0667. The van der Waals surface area contributed by atoms with E-state index in [1.165, 1.54) is 17.4 Å². The van der Waals surface area contributed by atoms with Crippen LogP contribution >= 0.6 is 34.5 Å². The van der Waals surface area contributed by atoms with Crippen molar-refractivity contribution in [2.45, 2.75) is 12.8 Å². The summed E-state index contributed by atoms with van der Waals surface area (Å²) in [6, 6.07) is 4.67.